The average molecular weight is 303 g/mol. The third-order valence-corrected chi connectivity index (χ3v) is 5.95. The van der Waals surface area contributed by atoms with E-state index in [1.807, 2.05) is 6.92 Å². The van der Waals surface area contributed by atoms with Gasteiger partial charge in [0.05, 0.1) is 4.90 Å². The largest absolute Gasteiger partial charge is 0.328 e. The molecule has 0 spiro atoms. The summed E-state index contributed by atoms with van der Waals surface area (Å²) in [6.45, 7) is 4.73. The molecule has 6 heteroatoms. The first-order chi connectivity index (χ1) is 8.82. The van der Waals surface area contributed by atoms with E-state index in [9.17, 15) is 8.42 Å². The molecule has 106 valence electrons. The molecule has 1 aromatic carbocycles. The Morgan fingerprint density at radius 3 is 2.68 bits per heavy atom. The van der Waals surface area contributed by atoms with E-state index >= 15 is 0 Å². The van der Waals surface area contributed by atoms with E-state index in [-0.39, 0.29) is 12.0 Å². The minimum absolute atomic E-state index is 0.0199. The number of benzene rings is 1. The van der Waals surface area contributed by atoms with Crippen LogP contribution in [0.5, 0.6) is 0 Å². The number of rotatable bonds is 3. The first kappa shape index (κ1) is 14.8. The molecule has 1 aliphatic heterocycles. The van der Waals surface area contributed by atoms with Crippen LogP contribution in [0.2, 0.25) is 5.02 Å². The molecule has 2 N–H and O–H groups in total. The number of halogens is 1. The molecule has 1 aromatic rings. The van der Waals surface area contributed by atoms with E-state index in [1.165, 1.54) is 4.31 Å². The van der Waals surface area contributed by atoms with Gasteiger partial charge in [0.25, 0.3) is 0 Å². The molecule has 2 rings (SSSR count). The molecule has 0 amide bonds. The number of aryl methyl sites for hydroxylation is 1. The van der Waals surface area contributed by atoms with Gasteiger partial charge >= 0.3 is 0 Å². The van der Waals surface area contributed by atoms with Crippen molar-refractivity contribution in [2.24, 2.45) is 11.7 Å². The van der Waals surface area contributed by atoms with Crippen LogP contribution in [0.4, 0.5) is 0 Å². The molecule has 1 aliphatic rings. The van der Waals surface area contributed by atoms with Crippen molar-refractivity contribution >= 4 is 21.6 Å². The van der Waals surface area contributed by atoms with Crippen molar-refractivity contribution in [1.82, 2.24) is 4.31 Å². The summed E-state index contributed by atoms with van der Waals surface area (Å²) < 4.78 is 26.7. The van der Waals surface area contributed by atoms with Crippen LogP contribution in [0.25, 0.3) is 0 Å². The average Bonchev–Trinajstić information content (AvgIpc) is 2.78. The summed E-state index contributed by atoms with van der Waals surface area (Å²) in [6, 6.07) is 4.88. The quantitative estimate of drug-likeness (QED) is 0.929. The summed E-state index contributed by atoms with van der Waals surface area (Å²) in [4.78, 5) is 0.335. The van der Waals surface area contributed by atoms with Gasteiger partial charge in [-0.15, -0.1) is 0 Å². The van der Waals surface area contributed by atoms with Crippen molar-refractivity contribution < 1.29 is 8.42 Å². The molecular formula is C13H19ClN2O2S. The van der Waals surface area contributed by atoms with Crippen molar-refractivity contribution in [2.45, 2.75) is 31.2 Å². The standard InChI is InChI=1S/C13H19ClN2O2S/c1-9-7-12(14)3-4-13(9)19(17,18)16-6-5-11(8-16)10(2)15/h3-4,7,10-11H,5-6,8,15H2,1-2H3. The van der Waals surface area contributed by atoms with Gasteiger partial charge in [-0.05, 0) is 49.9 Å². The fourth-order valence-corrected chi connectivity index (χ4v) is 4.39. The van der Waals surface area contributed by atoms with Gasteiger partial charge in [0, 0.05) is 24.2 Å². The van der Waals surface area contributed by atoms with Gasteiger partial charge in [0.15, 0.2) is 0 Å². The Kier molecular flexibility index (Phi) is 4.20. The Morgan fingerprint density at radius 2 is 2.16 bits per heavy atom. The maximum Gasteiger partial charge on any atom is 0.243 e. The zero-order valence-electron chi connectivity index (χ0n) is 11.1. The van der Waals surface area contributed by atoms with Gasteiger partial charge in [-0.25, -0.2) is 8.42 Å². The second-order valence-electron chi connectivity index (χ2n) is 5.18. The summed E-state index contributed by atoms with van der Waals surface area (Å²) in [7, 11) is -3.43. The first-order valence-corrected chi connectivity index (χ1v) is 8.16. The molecule has 19 heavy (non-hydrogen) atoms. The van der Waals surface area contributed by atoms with E-state index in [0.717, 1.165) is 6.42 Å². The predicted molar refractivity (Wildman–Crippen MR) is 76.7 cm³/mol. The number of nitrogens with zero attached hydrogens (tertiary/aromatic N) is 1. The van der Waals surface area contributed by atoms with Crippen LogP contribution >= 0.6 is 11.6 Å². The summed E-state index contributed by atoms with van der Waals surface area (Å²) in [5.74, 6) is 0.238. The minimum Gasteiger partial charge on any atom is -0.328 e. The SMILES string of the molecule is Cc1cc(Cl)ccc1S(=O)(=O)N1CCC(C(C)N)C1. The molecule has 1 saturated heterocycles. The predicted octanol–water partition coefficient (Wildman–Crippen LogP) is 2.01. The van der Waals surface area contributed by atoms with Crippen molar-refractivity contribution in [3.05, 3.63) is 28.8 Å². The van der Waals surface area contributed by atoms with Gasteiger partial charge in [0.2, 0.25) is 10.0 Å². The van der Waals surface area contributed by atoms with Crippen LogP contribution in [0.1, 0.15) is 18.9 Å². The maximum atomic E-state index is 12.6. The molecule has 0 aromatic heterocycles. The van der Waals surface area contributed by atoms with E-state index in [2.05, 4.69) is 0 Å². The van der Waals surface area contributed by atoms with Crippen LogP contribution in [-0.2, 0) is 10.0 Å². The smallest absolute Gasteiger partial charge is 0.243 e. The molecule has 4 nitrogen and oxygen atoms in total. The van der Waals surface area contributed by atoms with E-state index in [4.69, 9.17) is 17.3 Å². The lowest BCUT2D eigenvalue weighted by molar-refractivity contribution is 0.429. The van der Waals surface area contributed by atoms with Crippen LogP contribution in [0.15, 0.2) is 23.1 Å². The molecule has 0 radical (unpaired) electrons. The number of hydrogen-bond acceptors (Lipinski definition) is 3. The molecular weight excluding hydrogens is 284 g/mol. The second-order valence-corrected chi connectivity index (χ2v) is 7.52. The Bertz CT molecular complexity index is 572. The van der Waals surface area contributed by atoms with Gasteiger partial charge in [-0.2, -0.15) is 4.31 Å². The van der Waals surface area contributed by atoms with Gasteiger partial charge in [-0.1, -0.05) is 11.6 Å². The molecule has 0 aliphatic carbocycles. The summed E-state index contributed by atoms with van der Waals surface area (Å²) in [6.07, 6.45) is 0.823. The third-order valence-electron chi connectivity index (χ3n) is 3.69. The summed E-state index contributed by atoms with van der Waals surface area (Å²) in [5, 5.41) is 0.548. The molecule has 2 atom stereocenters. The fourth-order valence-electron chi connectivity index (χ4n) is 2.44. The Morgan fingerprint density at radius 1 is 1.47 bits per heavy atom. The van der Waals surface area contributed by atoms with Crippen molar-refractivity contribution in [3.8, 4) is 0 Å². The molecule has 2 unspecified atom stereocenters. The Labute approximate surface area is 119 Å². The number of nitrogens with two attached hydrogens (primary N) is 1. The topological polar surface area (TPSA) is 63.4 Å². The van der Waals surface area contributed by atoms with Crippen LogP contribution < -0.4 is 5.73 Å². The highest BCUT2D eigenvalue weighted by atomic mass is 35.5. The lowest BCUT2D eigenvalue weighted by Crippen LogP contribution is -2.33. The Balaban J connectivity index is 2.29. The van der Waals surface area contributed by atoms with E-state index in [0.29, 0.717) is 28.6 Å². The third kappa shape index (κ3) is 2.94. The molecule has 1 heterocycles. The molecule has 0 saturated carbocycles. The number of hydrogen-bond donors (Lipinski definition) is 1. The van der Waals surface area contributed by atoms with E-state index < -0.39 is 10.0 Å². The normalized spacial score (nSPS) is 22.6. The highest BCUT2D eigenvalue weighted by Crippen LogP contribution is 2.28. The maximum absolute atomic E-state index is 12.6. The summed E-state index contributed by atoms with van der Waals surface area (Å²) in [5.41, 5.74) is 6.53. The monoisotopic (exact) mass is 302 g/mol. The fraction of sp³-hybridized carbons (Fsp3) is 0.538. The summed E-state index contributed by atoms with van der Waals surface area (Å²) >= 11 is 5.87. The lowest BCUT2D eigenvalue weighted by Gasteiger charge is -2.19. The minimum atomic E-state index is -3.43. The highest BCUT2D eigenvalue weighted by molar-refractivity contribution is 7.89. The molecule has 1 fully saturated rings. The Hall–Kier alpha value is -0.620. The molecule has 0 bridgehead atoms. The number of sulfonamides is 1. The van der Waals surface area contributed by atoms with Crippen molar-refractivity contribution in [3.63, 3.8) is 0 Å². The first-order valence-electron chi connectivity index (χ1n) is 6.34. The second kappa shape index (κ2) is 5.40. The lowest BCUT2D eigenvalue weighted by atomic mass is 10.0. The zero-order chi connectivity index (χ0) is 14.2. The highest BCUT2D eigenvalue weighted by Gasteiger charge is 2.34. The van der Waals surface area contributed by atoms with Crippen LogP contribution in [0, 0.1) is 12.8 Å². The van der Waals surface area contributed by atoms with Crippen molar-refractivity contribution in [1.29, 1.82) is 0 Å². The van der Waals surface area contributed by atoms with Crippen LogP contribution in [-0.4, -0.2) is 31.9 Å². The van der Waals surface area contributed by atoms with Gasteiger partial charge in [-0.3, -0.25) is 0 Å². The van der Waals surface area contributed by atoms with Gasteiger partial charge < -0.3 is 5.73 Å². The van der Waals surface area contributed by atoms with Crippen molar-refractivity contribution in [2.75, 3.05) is 13.1 Å². The van der Waals surface area contributed by atoms with Gasteiger partial charge in [0.1, 0.15) is 0 Å². The van der Waals surface area contributed by atoms with Crippen LogP contribution in [0.3, 0.4) is 0 Å². The van der Waals surface area contributed by atoms with E-state index in [1.54, 1.807) is 25.1 Å². The zero-order valence-corrected chi connectivity index (χ0v) is 12.7.